The van der Waals surface area contributed by atoms with Crippen molar-refractivity contribution in [3.8, 4) is 17.2 Å². The molecule has 0 aliphatic carbocycles. The SMILES string of the molecule is CCC[C@@H](N=Cc1ccccc1O)c1ccc2c(c1)OCO2. The Morgan fingerprint density at radius 1 is 1.18 bits per heavy atom. The number of ether oxygens (including phenoxy) is 2. The van der Waals surface area contributed by atoms with Gasteiger partial charge in [-0.05, 0) is 36.2 Å². The molecule has 0 radical (unpaired) electrons. The first-order valence-electron chi connectivity index (χ1n) is 7.48. The summed E-state index contributed by atoms with van der Waals surface area (Å²) >= 11 is 0. The van der Waals surface area contributed by atoms with Crippen LogP contribution >= 0.6 is 0 Å². The Hall–Kier alpha value is -2.49. The maximum Gasteiger partial charge on any atom is 0.231 e. The topological polar surface area (TPSA) is 51.1 Å². The summed E-state index contributed by atoms with van der Waals surface area (Å²) in [5.41, 5.74) is 1.82. The lowest BCUT2D eigenvalue weighted by Gasteiger charge is -2.12. The van der Waals surface area contributed by atoms with Crippen LogP contribution < -0.4 is 9.47 Å². The normalized spacial score (nSPS) is 14.4. The molecule has 1 aliphatic heterocycles. The highest BCUT2D eigenvalue weighted by Crippen LogP contribution is 2.36. The van der Waals surface area contributed by atoms with Crippen molar-refractivity contribution < 1.29 is 14.6 Å². The minimum absolute atomic E-state index is 0.0408. The molecule has 114 valence electrons. The third kappa shape index (κ3) is 3.06. The predicted molar refractivity (Wildman–Crippen MR) is 85.9 cm³/mol. The molecule has 0 spiro atoms. The molecule has 4 nitrogen and oxygen atoms in total. The number of benzene rings is 2. The molecular formula is C18H19NO3. The van der Waals surface area contributed by atoms with E-state index in [1.165, 1.54) is 0 Å². The number of fused-ring (bicyclic) bond motifs is 1. The molecule has 22 heavy (non-hydrogen) atoms. The van der Waals surface area contributed by atoms with E-state index in [1.807, 2.05) is 30.3 Å². The van der Waals surface area contributed by atoms with E-state index in [2.05, 4.69) is 11.9 Å². The van der Waals surface area contributed by atoms with E-state index in [0.717, 1.165) is 35.5 Å². The lowest BCUT2D eigenvalue weighted by atomic mass is 10.0. The molecule has 1 heterocycles. The second-order valence-electron chi connectivity index (χ2n) is 5.25. The van der Waals surface area contributed by atoms with Crippen LogP contribution in [0.4, 0.5) is 0 Å². The summed E-state index contributed by atoms with van der Waals surface area (Å²) in [4.78, 5) is 4.66. The molecule has 1 aliphatic rings. The number of phenols is 1. The number of hydrogen-bond acceptors (Lipinski definition) is 4. The van der Waals surface area contributed by atoms with Gasteiger partial charge in [0, 0.05) is 11.8 Å². The Labute approximate surface area is 130 Å². The summed E-state index contributed by atoms with van der Waals surface area (Å²) in [5.74, 6) is 1.80. The number of nitrogens with zero attached hydrogens (tertiary/aromatic N) is 1. The van der Waals surface area contributed by atoms with Gasteiger partial charge in [0.2, 0.25) is 6.79 Å². The second-order valence-corrected chi connectivity index (χ2v) is 5.25. The van der Waals surface area contributed by atoms with E-state index in [-0.39, 0.29) is 18.6 Å². The van der Waals surface area contributed by atoms with Crippen LogP contribution in [0.25, 0.3) is 0 Å². The smallest absolute Gasteiger partial charge is 0.231 e. The van der Waals surface area contributed by atoms with Gasteiger partial charge in [-0.25, -0.2) is 0 Å². The Bertz CT molecular complexity index is 682. The minimum atomic E-state index is 0.0408. The second kappa shape index (κ2) is 6.52. The fourth-order valence-electron chi connectivity index (χ4n) is 2.49. The van der Waals surface area contributed by atoms with E-state index < -0.39 is 0 Å². The summed E-state index contributed by atoms with van der Waals surface area (Å²) in [7, 11) is 0. The molecule has 0 saturated heterocycles. The van der Waals surface area contributed by atoms with Crippen molar-refractivity contribution in [1.82, 2.24) is 0 Å². The molecule has 2 aromatic carbocycles. The van der Waals surface area contributed by atoms with Crippen LogP contribution in [0.3, 0.4) is 0 Å². The maximum atomic E-state index is 9.82. The molecule has 2 aromatic rings. The Morgan fingerprint density at radius 3 is 2.82 bits per heavy atom. The van der Waals surface area contributed by atoms with Crippen molar-refractivity contribution >= 4 is 6.21 Å². The average molecular weight is 297 g/mol. The number of para-hydroxylation sites is 1. The van der Waals surface area contributed by atoms with Crippen molar-refractivity contribution in [3.63, 3.8) is 0 Å². The van der Waals surface area contributed by atoms with Crippen molar-refractivity contribution in [3.05, 3.63) is 53.6 Å². The monoisotopic (exact) mass is 297 g/mol. The summed E-state index contributed by atoms with van der Waals surface area (Å²) < 4.78 is 10.8. The molecule has 0 unspecified atom stereocenters. The molecule has 1 atom stereocenters. The summed E-state index contributed by atoms with van der Waals surface area (Å²) in [6.45, 7) is 2.41. The van der Waals surface area contributed by atoms with Gasteiger partial charge in [0.05, 0.1) is 6.04 Å². The van der Waals surface area contributed by atoms with E-state index in [1.54, 1.807) is 18.3 Å². The third-order valence-electron chi connectivity index (χ3n) is 3.67. The molecule has 1 N–H and O–H groups in total. The van der Waals surface area contributed by atoms with Crippen LogP contribution in [0.15, 0.2) is 47.5 Å². The van der Waals surface area contributed by atoms with Gasteiger partial charge in [0.15, 0.2) is 11.5 Å². The van der Waals surface area contributed by atoms with Crippen molar-refractivity contribution in [2.75, 3.05) is 6.79 Å². The highest BCUT2D eigenvalue weighted by atomic mass is 16.7. The molecule has 0 amide bonds. The Kier molecular flexibility index (Phi) is 4.28. The molecular weight excluding hydrogens is 278 g/mol. The quantitative estimate of drug-likeness (QED) is 0.846. The highest BCUT2D eigenvalue weighted by molar-refractivity contribution is 5.83. The average Bonchev–Trinajstić information content (AvgIpc) is 3.00. The van der Waals surface area contributed by atoms with Gasteiger partial charge >= 0.3 is 0 Å². The molecule has 0 saturated carbocycles. The summed E-state index contributed by atoms with van der Waals surface area (Å²) in [6.07, 6.45) is 3.70. The summed E-state index contributed by atoms with van der Waals surface area (Å²) in [5, 5.41) is 9.82. The minimum Gasteiger partial charge on any atom is -0.507 e. The van der Waals surface area contributed by atoms with Crippen molar-refractivity contribution in [2.45, 2.75) is 25.8 Å². The fourth-order valence-corrected chi connectivity index (χ4v) is 2.49. The maximum absolute atomic E-state index is 9.82. The van der Waals surface area contributed by atoms with Crippen LogP contribution in [0.1, 0.15) is 36.9 Å². The molecule has 3 rings (SSSR count). The number of hydrogen-bond donors (Lipinski definition) is 1. The predicted octanol–water partition coefficient (Wildman–Crippen LogP) is 4.08. The summed E-state index contributed by atoms with van der Waals surface area (Å²) in [6, 6.07) is 13.2. The molecule has 0 bridgehead atoms. The van der Waals surface area contributed by atoms with Crippen LogP contribution in [0.2, 0.25) is 0 Å². The van der Waals surface area contributed by atoms with Gasteiger partial charge in [0.1, 0.15) is 5.75 Å². The van der Waals surface area contributed by atoms with Gasteiger partial charge in [-0.3, -0.25) is 4.99 Å². The van der Waals surface area contributed by atoms with E-state index in [9.17, 15) is 5.11 Å². The highest BCUT2D eigenvalue weighted by Gasteiger charge is 2.17. The zero-order valence-electron chi connectivity index (χ0n) is 12.5. The van der Waals surface area contributed by atoms with Crippen molar-refractivity contribution in [2.24, 2.45) is 4.99 Å². The van der Waals surface area contributed by atoms with Gasteiger partial charge < -0.3 is 14.6 Å². The number of aliphatic imine (C=N–C) groups is 1. The van der Waals surface area contributed by atoms with E-state index in [4.69, 9.17) is 9.47 Å². The van der Waals surface area contributed by atoms with Crippen LogP contribution in [-0.2, 0) is 0 Å². The van der Waals surface area contributed by atoms with E-state index >= 15 is 0 Å². The Balaban J connectivity index is 1.85. The Morgan fingerprint density at radius 2 is 2.00 bits per heavy atom. The van der Waals surface area contributed by atoms with E-state index in [0.29, 0.717) is 0 Å². The largest absolute Gasteiger partial charge is 0.507 e. The number of aromatic hydroxyl groups is 1. The van der Waals surface area contributed by atoms with Crippen LogP contribution in [-0.4, -0.2) is 18.1 Å². The third-order valence-corrected chi connectivity index (χ3v) is 3.67. The van der Waals surface area contributed by atoms with Gasteiger partial charge in [-0.1, -0.05) is 31.5 Å². The molecule has 4 heteroatoms. The lowest BCUT2D eigenvalue weighted by Crippen LogP contribution is -1.97. The first kappa shape index (κ1) is 14.4. The number of rotatable bonds is 5. The fraction of sp³-hybridized carbons (Fsp3) is 0.278. The van der Waals surface area contributed by atoms with Crippen LogP contribution in [0, 0.1) is 0 Å². The lowest BCUT2D eigenvalue weighted by molar-refractivity contribution is 0.174. The molecule has 0 fully saturated rings. The standard InChI is InChI=1S/C18H19NO3/c1-2-5-15(19-11-14-6-3-4-7-16(14)20)13-8-9-17-18(10-13)22-12-21-17/h3-4,6-11,15,20H,2,5,12H2,1H3/t15-/m1/s1. The van der Waals surface area contributed by atoms with Gasteiger partial charge in [-0.15, -0.1) is 0 Å². The zero-order chi connectivity index (χ0) is 15.4. The first-order valence-corrected chi connectivity index (χ1v) is 7.48. The number of phenolic OH excluding ortho intramolecular Hbond substituents is 1. The van der Waals surface area contributed by atoms with Gasteiger partial charge in [-0.2, -0.15) is 0 Å². The van der Waals surface area contributed by atoms with Crippen molar-refractivity contribution in [1.29, 1.82) is 0 Å². The first-order chi connectivity index (χ1) is 10.8. The molecule has 0 aromatic heterocycles. The zero-order valence-corrected chi connectivity index (χ0v) is 12.5. The van der Waals surface area contributed by atoms with Crippen LogP contribution in [0.5, 0.6) is 17.2 Å². The van der Waals surface area contributed by atoms with Gasteiger partial charge in [0.25, 0.3) is 0 Å².